The highest BCUT2D eigenvalue weighted by molar-refractivity contribution is 6.23. The first-order valence-corrected chi connectivity index (χ1v) is 9.69. The molecule has 0 aliphatic heterocycles. The second-order valence-corrected chi connectivity index (χ2v) is 6.63. The van der Waals surface area contributed by atoms with Crippen LogP contribution in [-0.2, 0) is 0 Å². The highest BCUT2D eigenvalue weighted by atomic mass is 35.5. The summed E-state index contributed by atoms with van der Waals surface area (Å²) in [5, 5.41) is 0. The topological polar surface area (TPSA) is 18.5 Å². The van der Waals surface area contributed by atoms with Crippen molar-refractivity contribution in [2.75, 3.05) is 5.88 Å². The number of alkyl halides is 4. The molecule has 0 amide bonds. The largest absolute Gasteiger partial charge is 0.573 e. The number of ether oxygens (including phenoxy) is 2. The minimum atomic E-state index is -4.74. The van der Waals surface area contributed by atoms with Crippen LogP contribution >= 0.6 is 11.6 Å². The lowest BCUT2D eigenvalue weighted by atomic mass is 10.1. The van der Waals surface area contributed by atoms with Gasteiger partial charge in [-0.05, 0) is 53.1 Å². The molecular weight excluding hydrogens is 432 g/mol. The lowest BCUT2D eigenvalue weighted by Crippen LogP contribution is -2.17. The number of benzene rings is 3. The van der Waals surface area contributed by atoms with Gasteiger partial charge in [0.25, 0.3) is 0 Å². The van der Waals surface area contributed by atoms with Gasteiger partial charge in [-0.2, -0.15) is 0 Å². The van der Waals surface area contributed by atoms with E-state index in [1.165, 1.54) is 30.3 Å². The minimum Gasteiger partial charge on any atom is -0.454 e. The Morgan fingerprint density at radius 1 is 0.903 bits per heavy atom. The average molecular weight is 449 g/mol. The lowest BCUT2D eigenvalue weighted by molar-refractivity contribution is -0.274. The number of rotatable bonds is 7. The van der Waals surface area contributed by atoms with Gasteiger partial charge in [-0.3, -0.25) is 0 Å². The molecule has 0 fully saturated rings. The Labute approximate surface area is 182 Å². The summed E-state index contributed by atoms with van der Waals surface area (Å²) in [5.74, 6) is -0.0348. The first-order chi connectivity index (χ1) is 14.8. The van der Waals surface area contributed by atoms with Gasteiger partial charge in [0, 0.05) is 5.88 Å². The second-order valence-electron chi connectivity index (χ2n) is 6.36. The van der Waals surface area contributed by atoms with Gasteiger partial charge in [0.2, 0.25) is 0 Å². The first kappa shape index (κ1) is 22.4. The van der Waals surface area contributed by atoms with Crippen molar-refractivity contribution in [1.29, 1.82) is 0 Å². The molecule has 0 radical (unpaired) electrons. The molecule has 7 heteroatoms. The third-order valence-electron chi connectivity index (χ3n) is 4.12. The van der Waals surface area contributed by atoms with E-state index in [4.69, 9.17) is 16.3 Å². The second kappa shape index (κ2) is 10.2. The lowest BCUT2D eigenvalue weighted by Gasteiger charge is -2.10. The minimum absolute atomic E-state index is 0.0927. The number of hydrogen-bond acceptors (Lipinski definition) is 2. The van der Waals surface area contributed by atoms with E-state index in [0.717, 1.165) is 0 Å². The third kappa shape index (κ3) is 6.89. The fraction of sp³-hybridized carbons (Fsp3) is 0.0833. The number of halogens is 5. The summed E-state index contributed by atoms with van der Waals surface area (Å²) in [4.78, 5) is 0. The molecule has 0 saturated carbocycles. The van der Waals surface area contributed by atoms with Crippen molar-refractivity contribution >= 4 is 23.3 Å². The highest BCUT2D eigenvalue weighted by Gasteiger charge is 2.30. The number of hydrogen-bond donors (Lipinski definition) is 0. The maximum Gasteiger partial charge on any atom is 0.573 e. The van der Waals surface area contributed by atoms with Gasteiger partial charge in [0.15, 0.2) is 11.6 Å². The summed E-state index contributed by atoms with van der Waals surface area (Å²) in [6.45, 7) is 0. The molecule has 0 N–H and O–H groups in total. The van der Waals surface area contributed by atoms with Crippen LogP contribution in [0.4, 0.5) is 17.6 Å². The maximum atomic E-state index is 14.1. The van der Waals surface area contributed by atoms with E-state index in [9.17, 15) is 17.6 Å². The smallest absolute Gasteiger partial charge is 0.454 e. The van der Waals surface area contributed by atoms with Gasteiger partial charge in [-0.1, -0.05) is 54.6 Å². The Bertz CT molecular complexity index is 1060. The number of para-hydroxylation sites is 1. The molecule has 0 spiro atoms. The monoisotopic (exact) mass is 448 g/mol. The van der Waals surface area contributed by atoms with E-state index in [-0.39, 0.29) is 17.4 Å². The first-order valence-electron chi connectivity index (χ1n) is 9.16. The van der Waals surface area contributed by atoms with Crippen LogP contribution in [0.5, 0.6) is 17.2 Å². The van der Waals surface area contributed by atoms with Crippen molar-refractivity contribution < 1.29 is 27.0 Å². The van der Waals surface area contributed by atoms with Crippen LogP contribution in [0.25, 0.3) is 11.6 Å². The van der Waals surface area contributed by atoms with E-state index in [1.807, 2.05) is 6.07 Å². The van der Waals surface area contributed by atoms with Crippen LogP contribution in [-0.4, -0.2) is 12.2 Å². The Hall–Kier alpha value is -3.25. The molecule has 0 aliphatic carbocycles. The molecule has 31 heavy (non-hydrogen) atoms. The van der Waals surface area contributed by atoms with Crippen molar-refractivity contribution in [2.24, 2.45) is 0 Å². The van der Waals surface area contributed by atoms with Crippen molar-refractivity contribution in [3.63, 3.8) is 0 Å². The van der Waals surface area contributed by atoms with Gasteiger partial charge in [-0.25, -0.2) is 4.39 Å². The molecule has 0 heterocycles. The zero-order valence-electron chi connectivity index (χ0n) is 16.1. The van der Waals surface area contributed by atoms with E-state index in [0.29, 0.717) is 22.4 Å². The van der Waals surface area contributed by atoms with Crippen LogP contribution in [0.2, 0.25) is 0 Å². The molecule has 3 rings (SSSR count). The quantitative estimate of drug-likeness (QED) is 0.208. The van der Waals surface area contributed by atoms with Crippen LogP contribution in [0.1, 0.15) is 11.1 Å². The predicted octanol–water partition coefficient (Wildman–Crippen LogP) is 7.85. The highest BCUT2D eigenvalue weighted by Crippen LogP contribution is 2.27. The molecule has 0 saturated heterocycles. The van der Waals surface area contributed by atoms with E-state index in [2.05, 4.69) is 4.74 Å². The Kier molecular flexibility index (Phi) is 7.36. The van der Waals surface area contributed by atoms with Crippen molar-refractivity contribution in [2.45, 2.75) is 6.36 Å². The van der Waals surface area contributed by atoms with Crippen LogP contribution in [0.15, 0.2) is 84.9 Å². The summed E-state index contributed by atoms with van der Waals surface area (Å²) in [6.07, 6.45) is 0.448. The van der Waals surface area contributed by atoms with E-state index in [1.54, 1.807) is 54.6 Å². The Morgan fingerprint density at radius 3 is 2.26 bits per heavy atom. The summed E-state index contributed by atoms with van der Waals surface area (Å²) in [5.41, 5.74) is 2.05. The van der Waals surface area contributed by atoms with Gasteiger partial charge in [-0.15, -0.1) is 24.8 Å². The third-order valence-corrected chi connectivity index (χ3v) is 4.40. The summed E-state index contributed by atoms with van der Waals surface area (Å²) in [6, 6.07) is 18.8. The van der Waals surface area contributed by atoms with Crippen molar-refractivity contribution in [3.05, 3.63) is 102 Å². The van der Waals surface area contributed by atoms with Crippen LogP contribution < -0.4 is 9.47 Å². The van der Waals surface area contributed by atoms with Gasteiger partial charge in [0.05, 0.1) is 0 Å². The molecule has 3 aromatic rings. The Morgan fingerprint density at radius 2 is 1.61 bits per heavy atom. The molecule has 0 atom stereocenters. The molecule has 0 aromatic heterocycles. The molecule has 3 aromatic carbocycles. The zero-order chi connectivity index (χ0) is 22.3. The van der Waals surface area contributed by atoms with Gasteiger partial charge < -0.3 is 9.47 Å². The van der Waals surface area contributed by atoms with Gasteiger partial charge in [0.1, 0.15) is 11.5 Å². The van der Waals surface area contributed by atoms with E-state index < -0.39 is 12.2 Å². The summed E-state index contributed by atoms with van der Waals surface area (Å²) < 4.78 is 60.3. The fourth-order valence-electron chi connectivity index (χ4n) is 2.68. The van der Waals surface area contributed by atoms with E-state index >= 15 is 0 Å². The van der Waals surface area contributed by atoms with Crippen molar-refractivity contribution in [3.8, 4) is 17.2 Å². The number of allylic oxidation sites excluding steroid dienone is 3. The molecule has 0 unspecified atom stereocenters. The SMILES string of the molecule is Fc1ccc(C=CC=C(CCl)c2ccc(OC(F)(F)F)cc2)cc1Oc1ccccc1. The summed E-state index contributed by atoms with van der Waals surface area (Å²) >= 11 is 5.98. The predicted molar refractivity (Wildman–Crippen MR) is 114 cm³/mol. The molecule has 2 nitrogen and oxygen atoms in total. The van der Waals surface area contributed by atoms with Crippen LogP contribution in [0, 0.1) is 5.82 Å². The molecule has 160 valence electrons. The zero-order valence-corrected chi connectivity index (χ0v) is 16.8. The van der Waals surface area contributed by atoms with Crippen LogP contribution in [0.3, 0.4) is 0 Å². The Balaban J connectivity index is 1.73. The standard InChI is InChI=1S/C24H17ClF4O2/c25-16-19(18-10-12-21(13-11-18)31-24(27,28)29)6-4-5-17-9-14-22(26)23(15-17)30-20-7-2-1-3-8-20/h1-15H,16H2. The fourth-order valence-corrected chi connectivity index (χ4v) is 2.92. The summed E-state index contributed by atoms with van der Waals surface area (Å²) in [7, 11) is 0. The molecule has 0 aliphatic rings. The normalized spacial score (nSPS) is 12.2. The van der Waals surface area contributed by atoms with Gasteiger partial charge >= 0.3 is 6.36 Å². The average Bonchev–Trinajstić information content (AvgIpc) is 2.74. The van der Waals surface area contributed by atoms with Crippen molar-refractivity contribution in [1.82, 2.24) is 0 Å². The maximum absolute atomic E-state index is 14.1. The molecular formula is C24H17ClF4O2. The molecule has 0 bridgehead atoms.